The van der Waals surface area contributed by atoms with Gasteiger partial charge in [-0.05, 0) is 54.7 Å². The van der Waals surface area contributed by atoms with Gasteiger partial charge in [0.25, 0.3) is 10.1 Å². The summed E-state index contributed by atoms with van der Waals surface area (Å²) in [4.78, 5) is 0.128. The van der Waals surface area contributed by atoms with E-state index < -0.39 is 10.1 Å². The van der Waals surface area contributed by atoms with Gasteiger partial charge in [-0.1, -0.05) is 24.3 Å². The average Bonchev–Trinajstić information content (AvgIpc) is 2.38. The van der Waals surface area contributed by atoms with Crippen LogP contribution < -0.4 is 0 Å². The second-order valence-corrected chi connectivity index (χ2v) is 6.50. The molecule has 0 aromatic heterocycles. The number of benzene rings is 2. The van der Waals surface area contributed by atoms with Crippen LogP contribution in [0.1, 0.15) is 29.5 Å². The van der Waals surface area contributed by atoms with Crippen molar-refractivity contribution in [1.29, 1.82) is 0 Å². The number of hydrogen-bond donors (Lipinski definition) is 1. The second kappa shape index (κ2) is 4.32. The molecule has 2 aromatic rings. The zero-order chi connectivity index (χ0) is 13.6. The third-order valence-electron chi connectivity index (χ3n) is 4.03. The lowest BCUT2D eigenvalue weighted by Gasteiger charge is -2.23. The molecule has 0 unspecified atom stereocenters. The van der Waals surface area contributed by atoms with Gasteiger partial charge < -0.3 is 0 Å². The predicted molar refractivity (Wildman–Crippen MR) is 75.1 cm³/mol. The van der Waals surface area contributed by atoms with Gasteiger partial charge in [0.1, 0.15) is 4.90 Å². The van der Waals surface area contributed by atoms with E-state index in [2.05, 4.69) is 0 Å². The number of rotatable bonds is 1. The first-order chi connectivity index (χ1) is 9.00. The summed E-state index contributed by atoms with van der Waals surface area (Å²) in [5.41, 5.74) is 3.08. The maximum Gasteiger partial charge on any atom is 0.295 e. The van der Waals surface area contributed by atoms with Gasteiger partial charge in [-0.25, -0.2) is 0 Å². The van der Waals surface area contributed by atoms with Crippen LogP contribution in [0.2, 0.25) is 0 Å². The molecule has 0 amide bonds. The monoisotopic (exact) mass is 276 g/mol. The molecule has 2 aromatic carbocycles. The third kappa shape index (κ3) is 1.95. The fourth-order valence-corrected chi connectivity index (χ4v) is 4.19. The van der Waals surface area contributed by atoms with Gasteiger partial charge in [-0.15, -0.1) is 0 Å². The Morgan fingerprint density at radius 1 is 1.00 bits per heavy atom. The number of hydrogen-bond acceptors (Lipinski definition) is 2. The molecule has 0 saturated carbocycles. The molecule has 3 nitrogen and oxygen atoms in total. The average molecular weight is 276 g/mol. The molecule has 100 valence electrons. The topological polar surface area (TPSA) is 54.4 Å². The maximum absolute atomic E-state index is 11.8. The van der Waals surface area contributed by atoms with Crippen LogP contribution in [-0.4, -0.2) is 13.0 Å². The number of fused-ring (bicyclic) bond motifs is 2. The van der Waals surface area contributed by atoms with Crippen molar-refractivity contribution < 1.29 is 13.0 Å². The van der Waals surface area contributed by atoms with Crippen molar-refractivity contribution in [3.05, 3.63) is 41.0 Å². The van der Waals surface area contributed by atoms with Gasteiger partial charge in [-0.3, -0.25) is 4.55 Å². The smallest absolute Gasteiger partial charge is 0.282 e. The summed E-state index contributed by atoms with van der Waals surface area (Å²) in [6.07, 6.45) is 3.69. The largest absolute Gasteiger partial charge is 0.295 e. The third-order valence-corrected chi connectivity index (χ3v) is 5.01. The molecule has 19 heavy (non-hydrogen) atoms. The van der Waals surface area contributed by atoms with Gasteiger partial charge in [-0.2, -0.15) is 8.42 Å². The van der Waals surface area contributed by atoms with Crippen LogP contribution in [0.25, 0.3) is 10.8 Å². The normalized spacial score (nSPS) is 15.5. The van der Waals surface area contributed by atoms with Gasteiger partial charge in [0.05, 0.1) is 0 Å². The lowest BCUT2D eigenvalue weighted by Crippen LogP contribution is -2.13. The minimum atomic E-state index is -4.19. The lowest BCUT2D eigenvalue weighted by molar-refractivity contribution is 0.482. The summed E-state index contributed by atoms with van der Waals surface area (Å²) < 4.78 is 33.2. The SMILES string of the molecule is Cc1c2c(c(S(=O)(=O)O)c3ccccc13)CCCC2. The Morgan fingerprint density at radius 3 is 2.21 bits per heavy atom. The molecule has 0 heterocycles. The summed E-state index contributed by atoms with van der Waals surface area (Å²) in [5, 5.41) is 1.57. The Labute approximate surface area is 113 Å². The summed E-state index contributed by atoms with van der Waals surface area (Å²) in [5.74, 6) is 0. The van der Waals surface area contributed by atoms with E-state index in [1.54, 1.807) is 6.07 Å². The molecule has 0 bridgehead atoms. The van der Waals surface area contributed by atoms with Crippen molar-refractivity contribution in [2.45, 2.75) is 37.5 Å². The van der Waals surface area contributed by atoms with Crippen LogP contribution in [0.5, 0.6) is 0 Å². The van der Waals surface area contributed by atoms with E-state index in [4.69, 9.17) is 0 Å². The molecule has 0 atom stereocenters. The summed E-state index contributed by atoms with van der Waals surface area (Å²) in [6, 6.07) is 7.42. The quantitative estimate of drug-likeness (QED) is 0.813. The van der Waals surface area contributed by atoms with Crippen molar-refractivity contribution in [1.82, 2.24) is 0 Å². The Balaban J connectivity index is 2.54. The molecule has 0 radical (unpaired) electrons. The van der Waals surface area contributed by atoms with Crippen LogP contribution in [0.15, 0.2) is 29.2 Å². The van der Waals surface area contributed by atoms with Gasteiger partial charge in [0.2, 0.25) is 0 Å². The van der Waals surface area contributed by atoms with Crippen LogP contribution in [-0.2, 0) is 23.0 Å². The molecular formula is C15H16O3S. The lowest BCUT2D eigenvalue weighted by atomic mass is 9.85. The molecule has 1 aliphatic rings. The zero-order valence-electron chi connectivity index (χ0n) is 10.8. The summed E-state index contributed by atoms with van der Waals surface area (Å²) in [7, 11) is -4.19. The Morgan fingerprint density at radius 2 is 1.58 bits per heavy atom. The molecule has 4 heteroatoms. The highest BCUT2D eigenvalue weighted by molar-refractivity contribution is 7.86. The van der Waals surface area contributed by atoms with Gasteiger partial charge in [0, 0.05) is 5.39 Å². The first-order valence-corrected chi connectivity index (χ1v) is 7.94. The molecule has 1 N–H and O–H groups in total. The summed E-state index contributed by atoms with van der Waals surface area (Å²) in [6.45, 7) is 2.04. The second-order valence-electron chi connectivity index (χ2n) is 5.14. The Hall–Kier alpha value is -1.39. The molecule has 0 aliphatic heterocycles. The minimum absolute atomic E-state index is 0.128. The maximum atomic E-state index is 11.8. The first kappa shape index (κ1) is 12.6. The van der Waals surface area contributed by atoms with E-state index in [-0.39, 0.29) is 4.90 Å². The highest BCUT2D eigenvalue weighted by Gasteiger charge is 2.25. The molecule has 0 fully saturated rings. The molecule has 0 saturated heterocycles. The highest BCUT2D eigenvalue weighted by atomic mass is 32.2. The molecule has 1 aliphatic carbocycles. The fourth-order valence-electron chi connectivity index (χ4n) is 3.20. The molecule has 3 rings (SSSR count). The van der Waals surface area contributed by atoms with E-state index >= 15 is 0 Å². The van der Waals surface area contributed by atoms with Crippen molar-refractivity contribution in [2.75, 3.05) is 0 Å². The van der Waals surface area contributed by atoms with Crippen LogP contribution in [0.3, 0.4) is 0 Å². The van der Waals surface area contributed by atoms with E-state index in [1.165, 1.54) is 0 Å². The van der Waals surface area contributed by atoms with Crippen LogP contribution in [0.4, 0.5) is 0 Å². The highest BCUT2D eigenvalue weighted by Crippen LogP contribution is 2.37. The van der Waals surface area contributed by atoms with Gasteiger partial charge >= 0.3 is 0 Å². The molecular weight excluding hydrogens is 260 g/mol. The predicted octanol–water partition coefficient (Wildman–Crippen LogP) is 3.27. The Kier molecular flexibility index (Phi) is 2.87. The van der Waals surface area contributed by atoms with Crippen molar-refractivity contribution in [2.24, 2.45) is 0 Å². The van der Waals surface area contributed by atoms with Crippen LogP contribution >= 0.6 is 0 Å². The minimum Gasteiger partial charge on any atom is -0.282 e. The molecule has 0 spiro atoms. The van der Waals surface area contributed by atoms with E-state index in [9.17, 15) is 13.0 Å². The Bertz CT molecular complexity index is 761. The van der Waals surface area contributed by atoms with Crippen molar-refractivity contribution >= 4 is 20.9 Å². The van der Waals surface area contributed by atoms with E-state index in [0.29, 0.717) is 5.39 Å². The first-order valence-electron chi connectivity index (χ1n) is 6.50. The standard InChI is InChI=1S/C15H16O3S/c1-10-11-6-2-4-8-13(11)15(19(16,17)18)14-9-5-3-7-12(10)14/h2,4,6,8H,3,5,7,9H2,1H3,(H,16,17,18). The van der Waals surface area contributed by atoms with Gasteiger partial charge in [0.15, 0.2) is 0 Å². The van der Waals surface area contributed by atoms with Crippen LogP contribution in [0, 0.1) is 6.92 Å². The van der Waals surface area contributed by atoms with Crippen molar-refractivity contribution in [3.63, 3.8) is 0 Å². The summed E-state index contributed by atoms with van der Waals surface area (Å²) >= 11 is 0. The number of aryl methyl sites for hydroxylation is 1. The van der Waals surface area contributed by atoms with E-state index in [0.717, 1.165) is 47.8 Å². The zero-order valence-corrected chi connectivity index (χ0v) is 11.6. The fraction of sp³-hybridized carbons (Fsp3) is 0.333. The van der Waals surface area contributed by atoms with Crippen molar-refractivity contribution in [3.8, 4) is 0 Å². The van der Waals surface area contributed by atoms with E-state index in [1.807, 2.05) is 25.1 Å².